The van der Waals surface area contributed by atoms with Gasteiger partial charge in [-0.1, -0.05) is 0 Å². The highest BCUT2D eigenvalue weighted by Gasteiger charge is 2.16. The molecule has 0 spiro atoms. The van der Waals surface area contributed by atoms with E-state index in [0.717, 1.165) is 5.92 Å². The Labute approximate surface area is 92.8 Å². The van der Waals surface area contributed by atoms with E-state index in [1.807, 2.05) is 11.8 Å². The molecule has 0 aliphatic carbocycles. The predicted molar refractivity (Wildman–Crippen MR) is 66.1 cm³/mol. The van der Waals surface area contributed by atoms with E-state index >= 15 is 0 Å². The molecule has 1 N–H and O–H groups in total. The first-order chi connectivity index (χ1) is 6.72. The fraction of sp³-hybridized carbons (Fsp3) is 1.00. The highest BCUT2D eigenvalue weighted by atomic mass is 32.2. The van der Waals surface area contributed by atoms with Gasteiger partial charge < -0.3 is 10.2 Å². The summed E-state index contributed by atoms with van der Waals surface area (Å²) in [4.78, 5) is 2.43. The van der Waals surface area contributed by atoms with Crippen molar-refractivity contribution in [2.75, 3.05) is 38.7 Å². The van der Waals surface area contributed by atoms with Gasteiger partial charge in [-0.15, -0.1) is 0 Å². The van der Waals surface area contributed by atoms with E-state index in [1.165, 1.54) is 38.2 Å². The Bertz CT molecular complexity index is 144. The quantitative estimate of drug-likeness (QED) is 0.752. The van der Waals surface area contributed by atoms with Gasteiger partial charge in [0.15, 0.2) is 0 Å². The molecule has 0 radical (unpaired) electrons. The third kappa shape index (κ3) is 4.67. The third-order valence-corrected chi connectivity index (χ3v) is 3.84. The van der Waals surface area contributed by atoms with E-state index in [-0.39, 0.29) is 0 Å². The maximum atomic E-state index is 3.63. The summed E-state index contributed by atoms with van der Waals surface area (Å²) in [6, 6.07) is 0.671. The maximum Gasteiger partial charge on any atom is 0.0129 e. The molecule has 1 aliphatic rings. The first-order valence-electron chi connectivity index (χ1n) is 5.63. The molecule has 0 aromatic rings. The van der Waals surface area contributed by atoms with E-state index in [0.29, 0.717) is 6.04 Å². The first kappa shape index (κ1) is 12.3. The molecular formula is C11H24N2S. The van der Waals surface area contributed by atoms with Crippen LogP contribution in [0.4, 0.5) is 0 Å². The number of hydrogen-bond acceptors (Lipinski definition) is 3. The fourth-order valence-corrected chi connectivity index (χ4v) is 2.56. The molecule has 1 atom stereocenters. The van der Waals surface area contributed by atoms with E-state index in [1.54, 1.807) is 0 Å². The molecular weight excluding hydrogens is 192 g/mol. The summed E-state index contributed by atoms with van der Waals surface area (Å²) in [7, 11) is 2.22. The Morgan fingerprint density at radius 1 is 1.43 bits per heavy atom. The predicted octanol–water partition coefficient (Wildman–Crippen LogP) is 1.67. The molecule has 0 aromatic heterocycles. The molecule has 84 valence electrons. The molecule has 1 rings (SSSR count). The van der Waals surface area contributed by atoms with Gasteiger partial charge in [0.25, 0.3) is 0 Å². The summed E-state index contributed by atoms with van der Waals surface area (Å²) < 4.78 is 0. The average Bonchev–Trinajstić information content (AvgIpc) is 2.17. The van der Waals surface area contributed by atoms with Crippen molar-refractivity contribution >= 4 is 11.8 Å². The van der Waals surface area contributed by atoms with Crippen LogP contribution in [0.1, 0.15) is 19.8 Å². The van der Waals surface area contributed by atoms with Gasteiger partial charge >= 0.3 is 0 Å². The highest BCUT2D eigenvalue weighted by Crippen LogP contribution is 2.14. The van der Waals surface area contributed by atoms with E-state index in [4.69, 9.17) is 0 Å². The molecule has 3 heteroatoms. The summed E-state index contributed by atoms with van der Waals surface area (Å²) in [5.74, 6) is 2.14. The Morgan fingerprint density at radius 2 is 2.07 bits per heavy atom. The Balaban J connectivity index is 2.06. The number of likely N-dealkylation sites (tertiary alicyclic amines) is 1. The van der Waals surface area contributed by atoms with Crippen LogP contribution in [0.5, 0.6) is 0 Å². The van der Waals surface area contributed by atoms with Gasteiger partial charge in [0.05, 0.1) is 0 Å². The number of rotatable bonds is 5. The van der Waals surface area contributed by atoms with Crippen LogP contribution in [0.15, 0.2) is 0 Å². The standard InChI is InChI=1S/C11H24N2S/c1-10(9-14-3)12-8-11-4-6-13(2)7-5-11/h10-12H,4-9H2,1-3H3. The Morgan fingerprint density at radius 3 is 2.64 bits per heavy atom. The van der Waals surface area contributed by atoms with Crippen molar-refractivity contribution in [2.45, 2.75) is 25.8 Å². The van der Waals surface area contributed by atoms with Crippen molar-refractivity contribution in [1.82, 2.24) is 10.2 Å². The highest BCUT2D eigenvalue weighted by molar-refractivity contribution is 7.98. The molecule has 2 nitrogen and oxygen atoms in total. The van der Waals surface area contributed by atoms with Crippen molar-refractivity contribution in [3.05, 3.63) is 0 Å². The van der Waals surface area contributed by atoms with Crippen LogP contribution in [0, 0.1) is 5.92 Å². The van der Waals surface area contributed by atoms with Gasteiger partial charge in [-0.3, -0.25) is 0 Å². The SMILES string of the molecule is CSCC(C)NCC1CCN(C)CC1. The summed E-state index contributed by atoms with van der Waals surface area (Å²) in [5, 5.41) is 3.63. The van der Waals surface area contributed by atoms with Crippen LogP contribution in [0.3, 0.4) is 0 Å². The second-order valence-electron chi connectivity index (χ2n) is 4.51. The summed E-state index contributed by atoms with van der Waals surface area (Å²) in [6.45, 7) is 6.06. The van der Waals surface area contributed by atoms with Crippen molar-refractivity contribution < 1.29 is 0 Å². The second-order valence-corrected chi connectivity index (χ2v) is 5.42. The Kier molecular flexibility index (Phi) is 5.90. The molecule has 0 aromatic carbocycles. The van der Waals surface area contributed by atoms with Gasteiger partial charge in [-0.2, -0.15) is 11.8 Å². The zero-order valence-electron chi connectivity index (χ0n) is 9.75. The zero-order valence-corrected chi connectivity index (χ0v) is 10.6. The molecule has 14 heavy (non-hydrogen) atoms. The Hall–Kier alpha value is 0.270. The summed E-state index contributed by atoms with van der Waals surface area (Å²) in [5.41, 5.74) is 0. The summed E-state index contributed by atoms with van der Waals surface area (Å²) >= 11 is 1.93. The number of piperidine rings is 1. The van der Waals surface area contributed by atoms with Crippen LogP contribution in [0.25, 0.3) is 0 Å². The second kappa shape index (κ2) is 6.70. The lowest BCUT2D eigenvalue weighted by Crippen LogP contribution is -2.38. The topological polar surface area (TPSA) is 15.3 Å². The largest absolute Gasteiger partial charge is 0.313 e. The molecule has 1 fully saturated rings. The number of thioether (sulfide) groups is 1. The minimum Gasteiger partial charge on any atom is -0.313 e. The minimum atomic E-state index is 0.671. The van der Waals surface area contributed by atoms with Gasteiger partial charge in [-0.25, -0.2) is 0 Å². The first-order valence-corrected chi connectivity index (χ1v) is 7.02. The lowest BCUT2D eigenvalue weighted by Gasteiger charge is -2.29. The van der Waals surface area contributed by atoms with E-state index < -0.39 is 0 Å². The average molecular weight is 216 g/mol. The van der Waals surface area contributed by atoms with Gasteiger partial charge in [-0.05, 0) is 58.6 Å². The molecule has 1 unspecified atom stereocenters. The zero-order chi connectivity index (χ0) is 10.4. The van der Waals surface area contributed by atoms with Crippen LogP contribution < -0.4 is 5.32 Å². The monoisotopic (exact) mass is 216 g/mol. The molecule has 1 heterocycles. The van der Waals surface area contributed by atoms with Crippen LogP contribution in [0.2, 0.25) is 0 Å². The van der Waals surface area contributed by atoms with Crippen LogP contribution >= 0.6 is 11.8 Å². The van der Waals surface area contributed by atoms with Crippen molar-refractivity contribution in [1.29, 1.82) is 0 Å². The number of hydrogen-bond donors (Lipinski definition) is 1. The molecule has 1 saturated heterocycles. The molecule has 1 aliphatic heterocycles. The number of nitrogens with one attached hydrogen (secondary N) is 1. The van der Waals surface area contributed by atoms with Gasteiger partial charge in [0, 0.05) is 11.8 Å². The van der Waals surface area contributed by atoms with Crippen molar-refractivity contribution in [3.8, 4) is 0 Å². The van der Waals surface area contributed by atoms with Crippen LogP contribution in [-0.4, -0.2) is 49.6 Å². The smallest absolute Gasteiger partial charge is 0.0129 e. The third-order valence-electron chi connectivity index (χ3n) is 3.01. The lowest BCUT2D eigenvalue weighted by molar-refractivity contribution is 0.214. The minimum absolute atomic E-state index is 0.671. The normalized spacial score (nSPS) is 22.5. The lowest BCUT2D eigenvalue weighted by atomic mass is 9.97. The maximum absolute atomic E-state index is 3.63. The molecule has 0 saturated carbocycles. The van der Waals surface area contributed by atoms with Gasteiger partial charge in [0.2, 0.25) is 0 Å². The fourth-order valence-electron chi connectivity index (χ4n) is 1.94. The van der Waals surface area contributed by atoms with Crippen molar-refractivity contribution in [3.63, 3.8) is 0 Å². The van der Waals surface area contributed by atoms with Crippen molar-refractivity contribution in [2.24, 2.45) is 5.92 Å². The summed E-state index contributed by atoms with van der Waals surface area (Å²) in [6.07, 6.45) is 4.92. The van der Waals surface area contributed by atoms with Gasteiger partial charge in [0.1, 0.15) is 0 Å². The van der Waals surface area contributed by atoms with E-state index in [2.05, 4.69) is 30.4 Å². The number of nitrogens with zero attached hydrogens (tertiary/aromatic N) is 1. The van der Waals surface area contributed by atoms with E-state index in [9.17, 15) is 0 Å². The molecule has 0 amide bonds. The van der Waals surface area contributed by atoms with Crippen LogP contribution in [-0.2, 0) is 0 Å². The molecule has 0 bridgehead atoms.